The van der Waals surface area contributed by atoms with E-state index in [2.05, 4.69) is 5.32 Å². The Hall–Kier alpha value is -1.17. The second-order valence-corrected chi connectivity index (χ2v) is 9.49. The zero-order chi connectivity index (χ0) is 20.2. The number of benzene rings is 1. The molecule has 1 aliphatic rings. The van der Waals surface area contributed by atoms with Crippen molar-refractivity contribution < 1.29 is 30.9 Å². The summed E-state index contributed by atoms with van der Waals surface area (Å²) in [6, 6.07) is -0.317. The van der Waals surface area contributed by atoms with Crippen LogP contribution in [0.4, 0.5) is 18.9 Å². The summed E-state index contributed by atoms with van der Waals surface area (Å²) in [5.74, 6) is -5.82. The van der Waals surface area contributed by atoms with Crippen LogP contribution >= 0.6 is 0 Å². The van der Waals surface area contributed by atoms with Crippen LogP contribution in [0.1, 0.15) is 44.9 Å². The molecule has 0 amide bonds. The third-order valence-corrected chi connectivity index (χ3v) is 6.80. The number of primary sulfonamides is 1. The highest BCUT2D eigenvalue weighted by Gasteiger charge is 2.33. The van der Waals surface area contributed by atoms with Crippen molar-refractivity contribution in [2.24, 2.45) is 5.14 Å². The van der Waals surface area contributed by atoms with E-state index in [0.717, 1.165) is 32.1 Å². The molecule has 1 atom stereocenters. The van der Waals surface area contributed by atoms with Crippen molar-refractivity contribution in [2.75, 3.05) is 17.7 Å². The number of nitrogens with two attached hydrogens (primary N) is 1. The summed E-state index contributed by atoms with van der Waals surface area (Å²) < 4.78 is 79.0. The number of aliphatic hydroxyl groups excluding tert-OH is 1. The van der Waals surface area contributed by atoms with E-state index in [4.69, 9.17) is 10.2 Å². The number of anilines is 1. The maximum atomic E-state index is 14.9. The van der Waals surface area contributed by atoms with Crippen molar-refractivity contribution in [2.45, 2.75) is 60.8 Å². The van der Waals surface area contributed by atoms with E-state index < -0.39 is 66.1 Å². The van der Waals surface area contributed by atoms with Gasteiger partial charge < -0.3 is 10.4 Å². The lowest BCUT2D eigenvalue weighted by atomic mass is 9.96. The third kappa shape index (κ3) is 5.21. The summed E-state index contributed by atoms with van der Waals surface area (Å²) in [7, 11) is -7.17. The molecule has 1 saturated carbocycles. The summed E-state index contributed by atoms with van der Waals surface area (Å²) in [5, 5.41) is 16.5. The summed E-state index contributed by atoms with van der Waals surface area (Å²) in [6.45, 7) is -0.602. The van der Waals surface area contributed by atoms with Crippen molar-refractivity contribution >= 4 is 26.5 Å². The first-order valence-corrected chi connectivity index (χ1v) is 11.5. The highest BCUT2D eigenvalue weighted by Crippen LogP contribution is 2.35. The molecule has 27 heavy (non-hydrogen) atoms. The first-order chi connectivity index (χ1) is 12.7. The fourth-order valence-electron chi connectivity index (χ4n) is 3.20. The van der Waals surface area contributed by atoms with Gasteiger partial charge in [-0.25, -0.2) is 26.7 Å². The monoisotopic (exact) mass is 428 g/mol. The number of hydrogen-bond donors (Lipinski definition) is 3. The number of aliphatic hydroxyl groups is 1. The molecular weight excluding hydrogens is 405 g/mol. The van der Waals surface area contributed by atoms with Crippen LogP contribution in [0.25, 0.3) is 0 Å². The zero-order valence-corrected chi connectivity index (χ0v) is 16.3. The van der Waals surface area contributed by atoms with E-state index in [1.807, 2.05) is 0 Å². The number of sulfonamides is 1. The molecule has 154 valence electrons. The molecule has 1 aromatic rings. The molecule has 1 aliphatic carbocycles. The third-order valence-electron chi connectivity index (χ3n) is 4.48. The van der Waals surface area contributed by atoms with Gasteiger partial charge in [0.05, 0.1) is 28.8 Å². The lowest BCUT2D eigenvalue weighted by Gasteiger charge is -2.24. The summed E-state index contributed by atoms with van der Waals surface area (Å²) >= 11 is 0. The molecule has 0 aliphatic heterocycles. The van der Waals surface area contributed by atoms with Gasteiger partial charge in [-0.1, -0.05) is 32.1 Å². The maximum absolute atomic E-state index is 14.9. The molecular formula is C16H23F3N2O4S2. The van der Waals surface area contributed by atoms with Gasteiger partial charge in [-0.3, -0.25) is 4.21 Å². The van der Waals surface area contributed by atoms with E-state index in [1.165, 1.54) is 0 Å². The van der Waals surface area contributed by atoms with Gasteiger partial charge in [-0.15, -0.1) is 0 Å². The molecule has 0 saturated heterocycles. The Morgan fingerprint density at radius 1 is 1.04 bits per heavy atom. The number of hydrogen-bond acceptors (Lipinski definition) is 5. The first-order valence-electron chi connectivity index (χ1n) is 8.67. The Labute approximate surface area is 158 Å². The van der Waals surface area contributed by atoms with Crippen molar-refractivity contribution in [1.29, 1.82) is 0 Å². The van der Waals surface area contributed by atoms with Gasteiger partial charge in [0.15, 0.2) is 22.3 Å². The molecule has 0 heterocycles. The Balaban J connectivity index is 2.60. The van der Waals surface area contributed by atoms with Crippen LogP contribution in [-0.4, -0.2) is 36.1 Å². The molecule has 0 bridgehead atoms. The fraction of sp³-hybridized carbons (Fsp3) is 0.625. The zero-order valence-electron chi connectivity index (χ0n) is 14.6. The van der Waals surface area contributed by atoms with Crippen molar-refractivity contribution in [3.05, 3.63) is 17.5 Å². The van der Waals surface area contributed by atoms with Crippen LogP contribution in [0, 0.1) is 17.5 Å². The SMILES string of the molecule is NS(=O)(=O)c1c(F)c(F)c(S(=O)CCO)c(NC2CCCCCCC2)c1F. The van der Waals surface area contributed by atoms with E-state index in [0.29, 0.717) is 12.8 Å². The molecule has 1 unspecified atom stereocenters. The second-order valence-electron chi connectivity index (χ2n) is 6.48. The minimum atomic E-state index is -4.90. The summed E-state index contributed by atoms with van der Waals surface area (Å²) in [4.78, 5) is -2.42. The molecule has 6 nitrogen and oxygen atoms in total. The Kier molecular flexibility index (Phi) is 7.66. The number of halogens is 3. The molecule has 1 fully saturated rings. The average Bonchev–Trinajstić information content (AvgIpc) is 2.53. The van der Waals surface area contributed by atoms with E-state index in [9.17, 15) is 25.8 Å². The molecule has 0 aromatic heterocycles. The predicted molar refractivity (Wildman–Crippen MR) is 95.8 cm³/mol. The molecule has 11 heteroatoms. The van der Waals surface area contributed by atoms with Crippen molar-refractivity contribution in [3.63, 3.8) is 0 Å². The van der Waals surface area contributed by atoms with Gasteiger partial charge in [-0.2, -0.15) is 0 Å². The summed E-state index contributed by atoms with van der Waals surface area (Å²) in [6.07, 6.45) is 5.94. The normalized spacial score (nSPS) is 18.0. The van der Waals surface area contributed by atoms with Gasteiger partial charge in [0.1, 0.15) is 4.90 Å². The van der Waals surface area contributed by atoms with Crippen LogP contribution < -0.4 is 10.5 Å². The van der Waals surface area contributed by atoms with Crippen molar-refractivity contribution in [3.8, 4) is 0 Å². The quantitative estimate of drug-likeness (QED) is 0.603. The molecule has 0 radical (unpaired) electrons. The predicted octanol–water partition coefficient (Wildman–Crippen LogP) is 2.38. The van der Waals surface area contributed by atoms with E-state index >= 15 is 0 Å². The minimum Gasteiger partial charge on any atom is -0.395 e. The van der Waals surface area contributed by atoms with Crippen LogP contribution in [0.2, 0.25) is 0 Å². The van der Waals surface area contributed by atoms with Gasteiger partial charge >= 0.3 is 0 Å². The Morgan fingerprint density at radius 2 is 1.59 bits per heavy atom. The van der Waals surface area contributed by atoms with Crippen LogP contribution in [-0.2, 0) is 20.8 Å². The fourth-order valence-corrected chi connectivity index (χ4v) is 4.93. The highest BCUT2D eigenvalue weighted by atomic mass is 32.2. The molecule has 2 rings (SSSR count). The average molecular weight is 428 g/mol. The minimum absolute atomic E-state index is 0.317. The van der Waals surface area contributed by atoms with Crippen molar-refractivity contribution in [1.82, 2.24) is 0 Å². The van der Waals surface area contributed by atoms with Crippen LogP contribution in [0.15, 0.2) is 9.79 Å². The van der Waals surface area contributed by atoms with Gasteiger partial charge in [0.25, 0.3) is 0 Å². The van der Waals surface area contributed by atoms with E-state index in [-0.39, 0.29) is 6.04 Å². The largest absolute Gasteiger partial charge is 0.395 e. The van der Waals surface area contributed by atoms with E-state index in [1.54, 1.807) is 0 Å². The smallest absolute Gasteiger partial charge is 0.244 e. The number of rotatable bonds is 6. The lowest BCUT2D eigenvalue weighted by Crippen LogP contribution is -2.26. The highest BCUT2D eigenvalue weighted by molar-refractivity contribution is 7.89. The summed E-state index contributed by atoms with van der Waals surface area (Å²) in [5.41, 5.74) is -0.671. The number of nitrogens with one attached hydrogen (secondary N) is 1. The molecule has 4 N–H and O–H groups in total. The maximum Gasteiger partial charge on any atom is 0.244 e. The lowest BCUT2D eigenvalue weighted by molar-refractivity contribution is 0.321. The standard InChI is InChI=1S/C16H23F3N2O4S2/c17-11-12(18)16(27(20,24)25)13(19)14(15(11)26(23)9-8-22)21-10-6-4-2-1-3-5-7-10/h10,21-22H,1-9H2,(H2,20,24,25). The second kappa shape index (κ2) is 9.35. The molecule has 1 aromatic carbocycles. The van der Waals surface area contributed by atoms with Gasteiger partial charge in [0, 0.05) is 6.04 Å². The topological polar surface area (TPSA) is 109 Å². The first kappa shape index (κ1) is 22.1. The Bertz CT molecular complexity index is 811. The van der Waals surface area contributed by atoms with Gasteiger partial charge in [-0.05, 0) is 12.8 Å². The van der Waals surface area contributed by atoms with Crippen LogP contribution in [0.5, 0.6) is 0 Å². The molecule has 0 spiro atoms. The van der Waals surface area contributed by atoms with Crippen LogP contribution in [0.3, 0.4) is 0 Å². The Morgan fingerprint density at radius 3 is 2.11 bits per heavy atom. The van der Waals surface area contributed by atoms with Gasteiger partial charge in [0.2, 0.25) is 10.0 Å².